The molecule has 2 rings (SSSR count). The summed E-state index contributed by atoms with van der Waals surface area (Å²) in [5, 5.41) is 0. The molecule has 0 N–H and O–H groups in total. The maximum Gasteiger partial charge on any atom is 0.130 e. The fourth-order valence-corrected chi connectivity index (χ4v) is 3.31. The quantitative estimate of drug-likeness (QED) is 0.533. The van der Waals surface area contributed by atoms with Crippen LogP contribution in [0.2, 0.25) is 0 Å². The molecule has 1 saturated carbocycles. The van der Waals surface area contributed by atoms with Gasteiger partial charge in [-0.2, -0.15) is 0 Å². The van der Waals surface area contributed by atoms with Crippen LogP contribution in [0.15, 0.2) is 0 Å². The highest BCUT2D eigenvalue weighted by Crippen LogP contribution is 2.43. The van der Waals surface area contributed by atoms with Gasteiger partial charge in [-0.15, -0.1) is 0 Å². The topological polar surface area (TPSA) is 9.23 Å². The molecular weight excluding hydrogens is 282 g/mol. The van der Waals surface area contributed by atoms with Crippen LogP contribution in [0.1, 0.15) is 38.5 Å². The van der Waals surface area contributed by atoms with E-state index in [0.717, 1.165) is 17.3 Å². The van der Waals surface area contributed by atoms with Gasteiger partial charge < -0.3 is 4.74 Å². The van der Waals surface area contributed by atoms with Crippen LogP contribution >= 0.6 is 22.6 Å². The first kappa shape index (κ1) is 10.1. The Hall–Kier alpha value is 0.620. The Bertz CT molecular complexity index is 180. The van der Waals surface area contributed by atoms with Gasteiger partial charge in [0.2, 0.25) is 0 Å². The normalized spacial score (nSPS) is 38.3. The highest BCUT2D eigenvalue weighted by Gasteiger charge is 2.46. The van der Waals surface area contributed by atoms with Crippen molar-refractivity contribution in [2.45, 2.75) is 56.4 Å². The van der Waals surface area contributed by atoms with Gasteiger partial charge in [-0.25, -0.2) is 4.39 Å². The lowest BCUT2D eigenvalue weighted by Crippen LogP contribution is -2.31. The molecule has 13 heavy (non-hydrogen) atoms. The zero-order valence-corrected chi connectivity index (χ0v) is 9.93. The summed E-state index contributed by atoms with van der Waals surface area (Å²) in [7, 11) is 0. The van der Waals surface area contributed by atoms with Crippen molar-refractivity contribution in [3.8, 4) is 0 Å². The van der Waals surface area contributed by atoms with Gasteiger partial charge in [0.15, 0.2) is 0 Å². The zero-order chi connectivity index (χ0) is 9.31. The predicted molar refractivity (Wildman–Crippen MR) is 59.1 cm³/mol. The molecule has 1 heterocycles. The molecule has 0 bridgehead atoms. The molecule has 3 heteroatoms. The van der Waals surface area contributed by atoms with Crippen molar-refractivity contribution in [2.75, 3.05) is 4.43 Å². The SMILES string of the molecule is F[C@H]1CC2(CCCCC2)O[C@H]1CI. The Morgan fingerprint density at radius 1 is 1.31 bits per heavy atom. The van der Waals surface area contributed by atoms with Gasteiger partial charge in [-0.3, -0.25) is 0 Å². The predicted octanol–water partition coefficient (Wildman–Crippen LogP) is 3.25. The number of alkyl halides is 2. The second kappa shape index (κ2) is 4.01. The van der Waals surface area contributed by atoms with Crippen molar-refractivity contribution in [1.82, 2.24) is 0 Å². The third-order valence-corrected chi connectivity index (χ3v) is 4.16. The molecule has 76 valence electrons. The Kier molecular flexibility index (Phi) is 3.13. The smallest absolute Gasteiger partial charge is 0.130 e. The molecule has 0 unspecified atom stereocenters. The molecule has 1 aliphatic carbocycles. The van der Waals surface area contributed by atoms with Crippen molar-refractivity contribution in [1.29, 1.82) is 0 Å². The first-order valence-corrected chi connectivity index (χ1v) is 6.66. The van der Waals surface area contributed by atoms with E-state index in [0.29, 0.717) is 6.42 Å². The summed E-state index contributed by atoms with van der Waals surface area (Å²) in [4.78, 5) is 0. The summed E-state index contributed by atoms with van der Waals surface area (Å²) < 4.78 is 20.1. The van der Waals surface area contributed by atoms with Crippen molar-refractivity contribution >= 4 is 22.6 Å². The van der Waals surface area contributed by atoms with Crippen LogP contribution in [-0.4, -0.2) is 22.3 Å². The molecule has 0 radical (unpaired) electrons. The highest BCUT2D eigenvalue weighted by molar-refractivity contribution is 14.1. The summed E-state index contributed by atoms with van der Waals surface area (Å²) in [6, 6.07) is 0. The minimum absolute atomic E-state index is 0.0620. The van der Waals surface area contributed by atoms with Crippen LogP contribution in [0, 0.1) is 0 Å². The first-order chi connectivity index (χ1) is 6.26. The maximum atomic E-state index is 13.5. The Morgan fingerprint density at radius 3 is 2.54 bits per heavy atom. The summed E-state index contributed by atoms with van der Waals surface area (Å²) >= 11 is 2.22. The van der Waals surface area contributed by atoms with Gasteiger partial charge >= 0.3 is 0 Å². The Labute approximate surface area is 92.6 Å². The van der Waals surface area contributed by atoms with Crippen LogP contribution < -0.4 is 0 Å². The molecule has 1 saturated heterocycles. The van der Waals surface area contributed by atoms with E-state index >= 15 is 0 Å². The minimum Gasteiger partial charge on any atom is -0.368 e. The molecule has 0 aromatic rings. The van der Waals surface area contributed by atoms with E-state index in [4.69, 9.17) is 4.74 Å². The van der Waals surface area contributed by atoms with Crippen LogP contribution in [0.4, 0.5) is 4.39 Å². The van der Waals surface area contributed by atoms with Gasteiger partial charge in [0.05, 0.1) is 11.7 Å². The second-order valence-corrected chi connectivity index (χ2v) is 5.16. The Balaban J connectivity index is 2.01. The zero-order valence-electron chi connectivity index (χ0n) is 7.77. The lowest BCUT2D eigenvalue weighted by atomic mass is 9.82. The molecule has 0 aromatic carbocycles. The number of ether oxygens (including phenoxy) is 1. The van der Waals surface area contributed by atoms with Crippen LogP contribution in [-0.2, 0) is 4.74 Å². The molecule has 2 atom stereocenters. The van der Waals surface area contributed by atoms with Gasteiger partial charge in [0.25, 0.3) is 0 Å². The molecule has 1 aliphatic heterocycles. The summed E-state index contributed by atoms with van der Waals surface area (Å²) in [6.45, 7) is 0. The van der Waals surface area contributed by atoms with E-state index in [2.05, 4.69) is 22.6 Å². The number of halogens is 2. The molecule has 0 aromatic heterocycles. The van der Waals surface area contributed by atoms with Gasteiger partial charge in [0.1, 0.15) is 6.17 Å². The third kappa shape index (κ3) is 2.01. The standard InChI is InChI=1S/C10H16FIO/c11-8-6-10(13-9(8)7-12)4-2-1-3-5-10/h8-9H,1-7H2/t8-,9-/m0/s1. The molecule has 1 nitrogen and oxygen atoms in total. The number of rotatable bonds is 1. The van der Waals surface area contributed by atoms with E-state index in [1.807, 2.05) is 0 Å². The fourth-order valence-electron chi connectivity index (χ4n) is 2.58. The van der Waals surface area contributed by atoms with E-state index in [1.54, 1.807) is 0 Å². The van der Waals surface area contributed by atoms with Crippen LogP contribution in [0.3, 0.4) is 0 Å². The largest absolute Gasteiger partial charge is 0.368 e. The minimum atomic E-state index is -0.713. The lowest BCUT2D eigenvalue weighted by molar-refractivity contribution is -0.0579. The van der Waals surface area contributed by atoms with Crippen LogP contribution in [0.25, 0.3) is 0 Å². The van der Waals surface area contributed by atoms with E-state index in [9.17, 15) is 4.39 Å². The highest BCUT2D eigenvalue weighted by atomic mass is 127. The van der Waals surface area contributed by atoms with Gasteiger partial charge in [-0.1, -0.05) is 41.9 Å². The first-order valence-electron chi connectivity index (χ1n) is 5.14. The fraction of sp³-hybridized carbons (Fsp3) is 1.00. The number of hydrogen-bond acceptors (Lipinski definition) is 1. The second-order valence-electron chi connectivity index (χ2n) is 4.27. The summed E-state index contributed by atoms with van der Waals surface area (Å²) in [6.07, 6.45) is 5.73. The molecule has 2 fully saturated rings. The third-order valence-electron chi connectivity index (χ3n) is 3.29. The molecular formula is C10H16FIO. The van der Waals surface area contributed by atoms with Crippen molar-refractivity contribution in [3.63, 3.8) is 0 Å². The molecule has 2 aliphatic rings. The van der Waals surface area contributed by atoms with Crippen molar-refractivity contribution in [3.05, 3.63) is 0 Å². The van der Waals surface area contributed by atoms with E-state index < -0.39 is 6.17 Å². The van der Waals surface area contributed by atoms with Crippen LogP contribution in [0.5, 0.6) is 0 Å². The summed E-state index contributed by atoms with van der Waals surface area (Å²) in [5.74, 6) is 0. The van der Waals surface area contributed by atoms with Gasteiger partial charge in [0, 0.05) is 10.8 Å². The molecule has 1 spiro atoms. The van der Waals surface area contributed by atoms with Gasteiger partial charge in [-0.05, 0) is 12.8 Å². The van der Waals surface area contributed by atoms with E-state index in [-0.39, 0.29) is 11.7 Å². The van der Waals surface area contributed by atoms with E-state index in [1.165, 1.54) is 19.3 Å². The Morgan fingerprint density at radius 2 is 2.00 bits per heavy atom. The average molecular weight is 298 g/mol. The maximum absolute atomic E-state index is 13.5. The molecule has 0 amide bonds. The summed E-state index contributed by atoms with van der Waals surface area (Å²) in [5.41, 5.74) is -0.0620. The monoisotopic (exact) mass is 298 g/mol. The average Bonchev–Trinajstić information content (AvgIpc) is 2.44. The van der Waals surface area contributed by atoms with Crippen molar-refractivity contribution in [2.24, 2.45) is 0 Å². The van der Waals surface area contributed by atoms with Crippen molar-refractivity contribution < 1.29 is 9.13 Å². The lowest BCUT2D eigenvalue weighted by Gasteiger charge is -2.32. The number of hydrogen-bond donors (Lipinski definition) is 0.